The topological polar surface area (TPSA) is 67.6 Å². The average Bonchev–Trinajstić information content (AvgIpc) is 2.88. The number of likely N-dealkylation sites (tertiary alicyclic amines) is 1. The smallest absolute Gasteiger partial charge is 0.224 e. The zero-order valence-corrected chi connectivity index (χ0v) is 14.1. The van der Waals surface area contributed by atoms with Crippen LogP contribution < -0.4 is 5.32 Å². The number of hydrogen-bond donors (Lipinski definition) is 1. The van der Waals surface area contributed by atoms with Crippen molar-refractivity contribution in [3.63, 3.8) is 0 Å². The van der Waals surface area contributed by atoms with Crippen LogP contribution in [0.3, 0.4) is 0 Å². The second kappa shape index (κ2) is 7.45. The van der Waals surface area contributed by atoms with Gasteiger partial charge in [0.15, 0.2) is 0 Å². The Labute approximate surface area is 137 Å². The first kappa shape index (κ1) is 16.5. The second-order valence-electron chi connectivity index (χ2n) is 6.77. The minimum atomic E-state index is 0.0899. The SMILES string of the molecule is Cc1noc(C)c1CN1CCCC(C(=O)NC2CCOCC2)C1. The summed E-state index contributed by atoms with van der Waals surface area (Å²) in [6.07, 6.45) is 3.91. The van der Waals surface area contributed by atoms with Gasteiger partial charge in [0, 0.05) is 37.9 Å². The van der Waals surface area contributed by atoms with Crippen LogP contribution in [0.25, 0.3) is 0 Å². The number of ether oxygens (including phenoxy) is 1. The molecule has 0 saturated carbocycles. The standard InChI is InChI=1S/C17H27N3O3/c1-12-16(13(2)23-19-12)11-20-7-3-4-14(10-20)17(21)18-15-5-8-22-9-6-15/h14-15H,3-11H2,1-2H3,(H,18,21). The molecule has 0 aliphatic carbocycles. The normalized spacial score (nSPS) is 23.8. The molecule has 2 fully saturated rings. The Morgan fingerprint density at radius 3 is 2.78 bits per heavy atom. The van der Waals surface area contributed by atoms with Gasteiger partial charge in [0.25, 0.3) is 0 Å². The molecule has 2 saturated heterocycles. The summed E-state index contributed by atoms with van der Waals surface area (Å²) >= 11 is 0. The number of aryl methyl sites for hydroxylation is 2. The van der Waals surface area contributed by atoms with Crippen LogP contribution in [0, 0.1) is 19.8 Å². The number of carbonyl (C=O) groups is 1. The van der Waals surface area contributed by atoms with Gasteiger partial charge in [0.1, 0.15) is 5.76 Å². The summed E-state index contributed by atoms with van der Waals surface area (Å²) in [6.45, 7) is 8.12. The van der Waals surface area contributed by atoms with E-state index in [1.807, 2.05) is 13.8 Å². The molecule has 2 aliphatic rings. The maximum absolute atomic E-state index is 12.5. The van der Waals surface area contributed by atoms with E-state index in [1.54, 1.807) is 0 Å². The van der Waals surface area contributed by atoms with E-state index in [0.717, 1.165) is 75.5 Å². The van der Waals surface area contributed by atoms with E-state index in [-0.39, 0.29) is 17.9 Å². The number of carbonyl (C=O) groups excluding carboxylic acids is 1. The van der Waals surface area contributed by atoms with E-state index in [4.69, 9.17) is 9.26 Å². The number of nitrogens with zero attached hydrogens (tertiary/aromatic N) is 2. The summed E-state index contributed by atoms with van der Waals surface area (Å²) in [5.74, 6) is 1.18. The van der Waals surface area contributed by atoms with Crippen molar-refractivity contribution < 1.29 is 14.1 Å². The highest BCUT2D eigenvalue weighted by Crippen LogP contribution is 2.22. The summed E-state index contributed by atoms with van der Waals surface area (Å²) in [6, 6.07) is 0.286. The minimum Gasteiger partial charge on any atom is -0.381 e. The average molecular weight is 321 g/mol. The first-order valence-electron chi connectivity index (χ1n) is 8.65. The Hall–Kier alpha value is -1.40. The van der Waals surface area contributed by atoms with Crippen molar-refractivity contribution in [1.82, 2.24) is 15.4 Å². The van der Waals surface area contributed by atoms with Crippen molar-refractivity contribution in [3.8, 4) is 0 Å². The second-order valence-corrected chi connectivity index (χ2v) is 6.77. The van der Waals surface area contributed by atoms with Crippen LogP contribution in [0.4, 0.5) is 0 Å². The van der Waals surface area contributed by atoms with Crippen LogP contribution in [-0.2, 0) is 16.1 Å². The van der Waals surface area contributed by atoms with Crippen LogP contribution in [-0.4, -0.2) is 48.3 Å². The van der Waals surface area contributed by atoms with Crippen LogP contribution in [0.1, 0.15) is 42.7 Å². The molecule has 0 spiro atoms. The molecule has 23 heavy (non-hydrogen) atoms. The number of aromatic nitrogens is 1. The first-order chi connectivity index (χ1) is 11.1. The van der Waals surface area contributed by atoms with E-state index in [1.165, 1.54) is 0 Å². The summed E-state index contributed by atoms with van der Waals surface area (Å²) in [5, 5.41) is 7.23. The molecule has 6 heteroatoms. The number of hydrogen-bond acceptors (Lipinski definition) is 5. The first-order valence-corrected chi connectivity index (χ1v) is 8.65. The molecule has 1 unspecified atom stereocenters. The lowest BCUT2D eigenvalue weighted by Crippen LogP contribution is -2.47. The molecule has 1 aromatic rings. The molecule has 128 valence electrons. The fourth-order valence-corrected chi connectivity index (χ4v) is 3.53. The Morgan fingerprint density at radius 1 is 1.30 bits per heavy atom. The van der Waals surface area contributed by atoms with E-state index in [9.17, 15) is 4.79 Å². The molecule has 3 rings (SSSR count). The van der Waals surface area contributed by atoms with Gasteiger partial charge in [0.05, 0.1) is 11.6 Å². The molecular formula is C17H27N3O3. The lowest BCUT2D eigenvalue weighted by Gasteiger charge is -2.33. The van der Waals surface area contributed by atoms with E-state index < -0.39 is 0 Å². The summed E-state index contributed by atoms with van der Waals surface area (Å²) < 4.78 is 10.6. The molecule has 6 nitrogen and oxygen atoms in total. The van der Waals surface area contributed by atoms with Crippen molar-refractivity contribution in [3.05, 3.63) is 17.0 Å². The summed E-state index contributed by atoms with van der Waals surface area (Å²) in [4.78, 5) is 14.9. The summed E-state index contributed by atoms with van der Waals surface area (Å²) in [5.41, 5.74) is 2.12. The maximum atomic E-state index is 12.5. The van der Waals surface area contributed by atoms with Gasteiger partial charge >= 0.3 is 0 Å². The highest BCUT2D eigenvalue weighted by Gasteiger charge is 2.28. The molecular weight excluding hydrogens is 294 g/mol. The van der Waals surface area contributed by atoms with Crippen molar-refractivity contribution >= 4 is 5.91 Å². The van der Waals surface area contributed by atoms with Gasteiger partial charge in [-0.05, 0) is 46.1 Å². The van der Waals surface area contributed by atoms with Gasteiger partial charge in [-0.2, -0.15) is 0 Å². The van der Waals surface area contributed by atoms with Crippen molar-refractivity contribution in [1.29, 1.82) is 0 Å². The predicted molar refractivity (Wildman–Crippen MR) is 86.0 cm³/mol. The van der Waals surface area contributed by atoms with Crippen LogP contribution in [0.15, 0.2) is 4.52 Å². The maximum Gasteiger partial charge on any atom is 0.224 e. The molecule has 3 heterocycles. The Kier molecular flexibility index (Phi) is 5.33. The Balaban J connectivity index is 1.54. The van der Waals surface area contributed by atoms with Crippen molar-refractivity contribution in [2.75, 3.05) is 26.3 Å². The molecule has 0 radical (unpaired) electrons. The van der Waals surface area contributed by atoms with Gasteiger partial charge in [-0.15, -0.1) is 0 Å². The largest absolute Gasteiger partial charge is 0.381 e. The lowest BCUT2D eigenvalue weighted by molar-refractivity contribution is -0.128. The van der Waals surface area contributed by atoms with Crippen LogP contribution in [0.5, 0.6) is 0 Å². The highest BCUT2D eigenvalue weighted by molar-refractivity contribution is 5.79. The lowest BCUT2D eigenvalue weighted by atomic mass is 9.95. The zero-order valence-electron chi connectivity index (χ0n) is 14.1. The van der Waals surface area contributed by atoms with Crippen LogP contribution >= 0.6 is 0 Å². The molecule has 0 aromatic carbocycles. The third kappa shape index (κ3) is 4.12. The van der Waals surface area contributed by atoms with Gasteiger partial charge < -0.3 is 14.6 Å². The Morgan fingerprint density at radius 2 is 2.09 bits per heavy atom. The molecule has 1 amide bonds. The van der Waals surface area contributed by atoms with E-state index >= 15 is 0 Å². The van der Waals surface area contributed by atoms with Gasteiger partial charge in [-0.3, -0.25) is 9.69 Å². The van der Waals surface area contributed by atoms with Gasteiger partial charge in [0.2, 0.25) is 5.91 Å². The van der Waals surface area contributed by atoms with Gasteiger partial charge in [-0.25, -0.2) is 0 Å². The molecule has 0 bridgehead atoms. The number of rotatable bonds is 4. The number of amides is 1. The van der Waals surface area contributed by atoms with E-state index in [0.29, 0.717) is 0 Å². The summed E-state index contributed by atoms with van der Waals surface area (Å²) in [7, 11) is 0. The molecule has 1 aromatic heterocycles. The predicted octanol–water partition coefficient (Wildman–Crippen LogP) is 1.80. The highest BCUT2D eigenvalue weighted by atomic mass is 16.5. The zero-order chi connectivity index (χ0) is 16.2. The molecule has 1 N–H and O–H groups in total. The molecule has 1 atom stereocenters. The monoisotopic (exact) mass is 321 g/mol. The quantitative estimate of drug-likeness (QED) is 0.916. The van der Waals surface area contributed by atoms with Crippen molar-refractivity contribution in [2.24, 2.45) is 5.92 Å². The van der Waals surface area contributed by atoms with Crippen molar-refractivity contribution in [2.45, 2.75) is 52.1 Å². The fraction of sp³-hybridized carbons (Fsp3) is 0.765. The Bertz CT molecular complexity index is 518. The third-order valence-electron chi connectivity index (χ3n) is 5.01. The van der Waals surface area contributed by atoms with E-state index in [2.05, 4.69) is 15.4 Å². The van der Waals surface area contributed by atoms with Crippen LogP contribution in [0.2, 0.25) is 0 Å². The number of nitrogens with one attached hydrogen (secondary N) is 1. The third-order valence-corrected chi connectivity index (χ3v) is 5.01. The molecule has 2 aliphatic heterocycles. The van der Waals surface area contributed by atoms with Gasteiger partial charge in [-0.1, -0.05) is 5.16 Å². The number of piperidine rings is 1. The fourth-order valence-electron chi connectivity index (χ4n) is 3.53. The minimum absolute atomic E-state index is 0.0899.